The lowest BCUT2D eigenvalue weighted by Crippen LogP contribution is -2.60. The summed E-state index contributed by atoms with van der Waals surface area (Å²) in [7, 11) is 0. The van der Waals surface area contributed by atoms with E-state index in [0.717, 1.165) is 15.1 Å². The summed E-state index contributed by atoms with van der Waals surface area (Å²) in [5.41, 5.74) is 3.61. The Labute approximate surface area is 216 Å². The highest BCUT2D eigenvalue weighted by Gasteiger charge is 2.45. The molecule has 0 saturated heterocycles. The van der Waals surface area contributed by atoms with Crippen LogP contribution >= 0.6 is 15.9 Å². The van der Waals surface area contributed by atoms with E-state index in [4.69, 9.17) is 4.74 Å². The lowest BCUT2D eigenvalue weighted by Gasteiger charge is -2.40. The molecule has 0 bridgehead atoms. The molecular formula is C28H33BrN2O4. The molecule has 186 valence electrons. The maximum Gasteiger partial charge on any atom is 0.331 e. The summed E-state index contributed by atoms with van der Waals surface area (Å²) in [6, 6.07) is 14.1. The summed E-state index contributed by atoms with van der Waals surface area (Å²) in [5.74, 6) is -1.66. The molecule has 0 saturated carbocycles. The second-order valence-electron chi connectivity index (χ2n) is 8.67. The van der Waals surface area contributed by atoms with E-state index in [-0.39, 0.29) is 6.61 Å². The number of esters is 1. The topological polar surface area (TPSA) is 75.7 Å². The number of carbonyl (C=O) groups is 3. The first-order valence-electron chi connectivity index (χ1n) is 11.5. The van der Waals surface area contributed by atoms with Gasteiger partial charge in [0.25, 0.3) is 11.8 Å². The second-order valence-corrected chi connectivity index (χ2v) is 9.59. The van der Waals surface area contributed by atoms with Gasteiger partial charge in [-0.05, 0) is 70.0 Å². The number of benzene rings is 2. The predicted molar refractivity (Wildman–Crippen MR) is 142 cm³/mol. The average molecular weight is 541 g/mol. The van der Waals surface area contributed by atoms with E-state index in [2.05, 4.69) is 34.0 Å². The molecule has 6 nitrogen and oxygen atoms in total. The van der Waals surface area contributed by atoms with Crippen LogP contribution < -0.4 is 5.43 Å². The molecule has 0 spiro atoms. The third kappa shape index (κ3) is 7.65. The fourth-order valence-corrected chi connectivity index (χ4v) is 3.90. The fraction of sp³-hybridized carbons (Fsp3) is 0.321. The molecule has 0 fully saturated rings. The van der Waals surface area contributed by atoms with E-state index in [9.17, 15) is 14.4 Å². The fourth-order valence-electron chi connectivity index (χ4n) is 3.64. The van der Waals surface area contributed by atoms with Gasteiger partial charge in [-0.15, -0.1) is 6.58 Å². The minimum absolute atomic E-state index is 0.128. The van der Waals surface area contributed by atoms with Crippen molar-refractivity contribution in [3.8, 4) is 0 Å². The summed E-state index contributed by atoms with van der Waals surface area (Å²) in [6.45, 7) is 11.6. The minimum atomic E-state index is -1.14. The molecule has 2 aromatic carbocycles. The summed E-state index contributed by atoms with van der Waals surface area (Å²) in [4.78, 5) is 40.3. The number of nitrogens with one attached hydrogen (secondary N) is 1. The molecule has 2 rings (SSSR count). The van der Waals surface area contributed by atoms with Crippen molar-refractivity contribution in [1.29, 1.82) is 0 Å². The van der Waals surface area contributed by atoms with Crippen LogP contribution in [0.15, 0.2) is 83.4 Å². The van der Waals surface area contributed by atoms with E-state index >= 15 is 0 Å². The molecule has 0 aliphatic rings. The summed E-state index contributed by atoms with van der Waals surface area (Å²) in [6.07, 6.45) is 4.89. The van der Waals surface area contributed by atoms with Gasteiger partial charge in [0, 0.05) is 21.0 Å². The Hall–Kier alpha value is -3.19. The lowest BCUT2D eigenvalue weighted by molar-refractivity contribution is -0.153. The Bertz CT molecular complexity index is 1060. The van der Waals surface area contributed by atoms with Crippen molar-refractivity contribution in [1.82, 2.24) is 10.4 Å². The Morgan fingerprint density at radius 2 is 1.71 bits per heavy atom. The van der Waals surface area contributed by atoms with Gasteiger partial charge in [0.15, 0.2) is 6.04 Å². The molecule has 0 aliphatic heterocycles. The molecule has 7 heteroatoms. The smallest absolute Gasteiger partial charge is 0.331 e. The highest BCUT2D eigenvalue weighted by molar-refractivity contribution is 9.10. The van der Waals surface area contributed by atoms with E-state index in [1.54, 1.807) is 67.6 Å². The quantitative estimate of drug-likeness (QED) is 0.224. The van der Waals surface area contributed by atoms with Gasteiger partial charge in [-0.25, -0.2) is 9.80 Å². The Kier molecular flexibility index (Phi) is 10.5. The molecule has 0 aromatic heterocycles. The maximum absolute atomic E-state index is 13.8. The van der Waals surface area contributed by atoms with Crippen LogP contribution in [0.3, 0.4) is 0 Å². The largest absolute Gasteiger partial charge is 0.464 e. The van der Waals surface area contributed by atoms with Crippen LogP contribution in [0.2, 0.25) is 0 Å². The third-order valence-electron chi connectivity index (χ3n) is 5.66. The highest BCUT2D eigenvalue weighted by Crippen LogP contribution is 2.34. The third-order valence-corrected chi connectivity index (χ3v) is 6.19. The second kappa shape index (κ2) is 13.0. The zero-order valence-electron chi connectivity index (χ0n) is 20.7. The summed E-state index contributed by atoms with van der Waals surface area (Å²) < 4.78 is 6.20. The number of ether oxygens (including phenoxy) is 1. The van der Waals surface area contributed by atoms with E-state index < -0.39 is 29.2 Å². The Morgan fingerprint density at radius 3 is 2.26 bits per heavy atom. The first-order chi connectivity index (χ1) is 16.6. The Balaban J connectivity index is 2.59. The van der Waals surface area contributed by atoms with Gasteiger partial charge in [-0.2, -0.15) is 0 Å². The zero-order chi connectivity index (χ0) is 26.0. The Morgan fingerprint density at radius 1 is 1.09 bits per heavy atom. The molecule has 0 unspecified atom stereocenters. The van der Waals surface area contributed by atoms with Gasteiger partial charge >= 0.3 is 5.97 Å². The average Bonchev–Trinajstić information content (AvgIpc) is 2.84. The number of hydrogen-bond acceptors (Lipinski definition) is 4. The van der Waals surface area contributed by atoms with Crippen LogP contribution in [0.25, 0.3) is 0 Å². The van der Waals surface area contributed by atoms with E-state index in [1.165, 1.54) is 0 Å². The van der Waals surface area contributed by atoms with Crippen LogP contribution in [-0.4, -0.2) is 35.4 Å². The minimum Gasteiger partial charge on any atom is -0.464 e. The maximum atomic E-state index is 13.8. The van der Waals surface area contributed by atoms with Crippen molar-refractivity contribution in [3.63, 3.8) is 0 Å². The number of halogens is 1. The van der Waals surface area contributed by atoms with Gasteiger partial charge < -0.3 is 4.74 Å². The van der Waals surface area contributed by atoms with Gasteiger partial charge in [0.2, 0.25) is 0 Å². The number of allylic oxidation sites excluding steroid dienone is 2. The number of hydrazine groups is 1. The monoisotopic (exact) mass is 540 g/mol. The number of amides is 2. The first-order valence-corrected chi connectivity index (χ1v) is 12.3. The van der Waals surface area contributed by atoms with Crippen molar-refractivity contribution in [2.45, 2.75) is 46.6 Å². The summed E-state index contributed by atoms with van der Waals surface area (Å²) >= 11 is 3.37. The summed E-state index contributed by atoms with van der Waals surface area (Å²) in [5, 5.41) is 1.10. The first kappa shape index (κ1) is 28.1. The van der Waals surface area contributed by atoms with Crippen molar-refractivity contribution >= 4 is 33.7 Å². The predicted octanol–water partition coefficient (Wildman–Crippen LogP) is 6.11. The SMILES string of the molecule is C=C[C@@](C)(CCC=C(C)C)[C@@H](C(=O)OCC)N(NC(=O)c1ccccc1)C(=O)c1ccc(Br)cc1. The number of nitrogens with zero attached hydrogens (tertiary/aromatic N) is 1. The van der Waals surface area contributed by atoms with Crippen LogP contribution in [0.4, 0.5) is 0 Å². The number of carbonyl (C=O) groups excluding carboxylic acids is 3. The van der Waals surface area contributed by atoms with Gasteiger partial charge in [0.05, 0.1) is 6.61 Å². The van der Waals surface area contributed by atoms with Crippen molar-refractivity contribution in [2.75, 3.05) is 6.61 Å². The molecule has 0 radical (unpaired) electrons. The van der Waals surface area contributed by atoms with E-state index in [1.807, 2.05) is 20.8 Å². The normalized spacial score (nSPS) is 13.1. The molecule has 2 amide bonds. The number of rotatable bonds is 10. The highest BCUT2D eigenvalue weighted by atomic mass is 79.9. The molecule has 1 N–H and O–H groups in total. The van der Waals surface area contributed by atoms with Crippen molar-refractivity contribution in [2.24, 2.45) is 5.41 Å². The van der Waals surface area contributed by atoms with Gasteiger partial charge in [-0.3, -0.25) is 15.0 Å². The van der Waals surface area contributed by atoms with Crippen molar-refractivity contribution in [3.05, 3.63) is 94.5 Å². The van der Waals surface area contributed by atoms with Gasteiger partial charge in [-0.1, -0.05) is 58.8 Å². The molecule has 35 heavy (non-hydrogen) atoms. The molecule has 2 atom stereocenters. The van der Waals surface area contributed by atoms with Crippen LogP contribution in [0, 0.1) is 5.41 Å². The van der Waals surface area contributed by atoms with Crippen molar-refractivity contribution < 1.29 is 19.1 Å². The van der Waals surface area contributed by atoms with Crippen LogP contribution in [-0.2, 0) is 9.53 Å². The van der Waals surface area contributed by atoms with Crippen LogP contribution in [0.5, 0.6) is 0 Å². The standard InChI is InChI=1S/C28H33BrN2O4/c1-6-28(5,19-11-12-20(3)4)24(27(34)35-7-2)31(26(33)22-15-17-23(29)18-16-22)30-25(32)21-13-9-8-10-14-21/h6,8-10,12-18,24H,1,7,11,19H2,2-5H3,(H,30,32)/t24-,28+/m1/s1. The zero-order valence-corrected chi connectivity index (χ0v) is 22.3. The molecule has 2 aromatic rings. The van der Waals surface area contributed by atoms with Gasteiger partial charge in [0.1, 0.15) is 0 Å². The lowest BCUT2D eigenvalue weighted by atomic mass is 9.77. The van der Waals surface area contributed by atoms with E-state index in [0.29, 0.717) is 24.0 Å². The number of hydrogen-bond donors (Lipinski definition) is 1. The molecular weight excluding hydrogens is 508 g/mol. The van der Waals surface area contributed by atoms with Crippen LogP contribution in [0.1, 0.15) is 61.3 Å². The molecule has 0 aliphatic carbocycles. The molecule has 0 heterocycles.